The number of hydrazone groups is 1. The summed E-state index contributed by atoms with van der Waals surface area (Å²) in [6, 6.07) is 19.8. The molecule has 1 amide bonds. The van der Waals surface area contributed by atoms with Crippen LogP contribution in [0.4, 0.5) is 5.69 Å². The number of carbonyl (C=O) groups is 2. The minimum atomic E-state index is -4.00. The smallest absolute Gasteiger partial charge is 0.343 e. The Kier molecular flexibility index (Phi) is 8.80. The number of sulfonamides is 1. The molecule has 0 atom stereocenters. The number of nitrogens with zero attached hydrogens (tertiary/aromatic N) is 2. The van der Waals surface area contributed by atoms with Gasteiger partial charge in [0.25, 0.3) is 15.9 Å². The molecule has 10 heteroatoms. The molecule has 0 saturated heterocycles. The van der Waals surface area contributed by atoms with Crippen LogP contribution in [-0.4, -0.2) is 46.8 Å². The zero-order chi connectivity index (χ0) is 26.1. The first kappa shape index (κ1) is 26.4. The van der Waals surface area contributed by atoms with E-state index in [2.05, 4.69) is 15.3 Å². The van der Waals surface area contributed by atoms with Crippen LogP contribution in [0, 0.1) is 13.8 Å². The fourth-order valence-corrected chi connectivity index (χ4v) is 4.55. The van der Waals surface area contributed by atoms with Gasteiger partial charge < -0.3 is 9.47 Å². The number of hydrogen-bond acceptors (Lipinski definition) is 7. The van der Waals surface area contributed by atoms with Gasteiger partial charge in [0.05, 0.1) is 23.9 Å². The van der Waals surface area contributed by atoms with Gasteiger partial charge in [-0.3, -0.25) is 9.10 Å². The minimum Gasteiger partial charge on any atom is -0.482 e. The summed E-state index contributed by atoms with van der Waals surface area (Å²) in [7, 11) is -2.73. The number of aryl methyl sites for hydroxylation is 2. The molecule has 36 heavy (non-hydrogen) atoms. The number of carbonyl (C=O) groups excluding carboxylic acids is 2. The van der Waals surface area contributed by atoms with E-state index in [9.17, 15) is 18.0 Å². The van der Waals surface area contributed by atoms with E-state index < -0.39 is 28.4 Å². The van der Waals surface area contributed by atoms with Crippen LogP contribution in [0.3, 0.4) is 0 Å². The van der Waals surface area contributed by atoms with Crippen molar-refractivity contribution in [1.29, 1.82) is 0 Å². The third kappa shape index (κ3) is 6.92. The average molecular weight is 510 g/mol. The zero-order valence-electron chi connectivity index (χ0n) is 20.2. The maximum Gasteiger partial charge on any atom is 0.343 e. The van der Waals surface area contributed by atoms with Crippen molar-refractivity contribution in [1.82, 2.24) is 5.43 Å². The van der Waals surface area contributed by atoms with Gasteiger partial charge in [-0.25, -0.2) is 18.6 Å². The number of nitrogens with one attached hydrogen (secondary N) is 1. The van der Waals surface area contributed by atoms with E-state index in [-0.39, 0.29) is 11.5 Å². The lowest BCUT2D eigenvalue weighted by molar-refractivity contribution is -0.142. The topological polar surface area (TPSA) is 114 Å². The number of hydrogen-bond donors (Lipinski definition) is 1. The standard InChI is InChI=1S/C26H27N3O6S/c1-19-9-12-22(15-20(19)2)29(36(32,33)24-7-5-4-6-8-24)17-25(30)28-27-16-21-10-13-23(14-11-21)35-18-26(31)34-3/h4-16H,17-18H2,1-3H3,(H,28,30)/b27-16-. The Morgan fingerprint density at radius 3 is 2.31 bits per heavy atom. The van der Waals surface area contributed by atoms with Gasteiger partial charge in [-0.2, -0.15) is 5.10 Å². The molecule has 0 radical (unpaired) electrons. The van der Waals surface area contributed by atoms with Crippen molar-refractivity contribution in [2.24, 2.45) is 5.10 Å². The fraction of sp³-hybridized carbons (Fsp3) is 0.192. The van der Waals surface area contributed by atoms with E-state index in [1.54, 1.807) is 54.6 Å². The van der Waals surface area contributed by atoms with Crippen molar-refractivity contribution in [3.8, 4) is 5.75 Å². The molecule has 0 saturated carbocycles. The highest BCUT2D eigenvalue weighted by Crippen LogP contribution is 2.25. The largest absolute Gasteiger partial charge is 0.482 e. The molecule has 1 N–H and O–H groups in total. The lowest BCUT2D eigenvalue weighted by Crippen LogP contribution is -2.39. The van der Waals surface area contributed by atoms with Crippen LogP contribution in [0.15, 0.2) is 82.8 Å². The third-order valence-corrected chi connectivity index (χ3v) is 7.05. The highest BCUT2D eigenvalue weighted by Gasteiger charge is 2.27. The number of benzene rings is 3. The van der Waals surface area contributed by atoms with Crippen LogP contribution in [-0.2, 0) is 24.3 Å². The minimum absolute atomic E-state index is 0.0778. The molecule has 3 aromatic carbocycles. The Hall–Kier alpha value is -4.18. The molecule has 0 aliphatic heterocycles. The molecule has 0 aliphatic rings. The van der Waals surface area contributed by atoms with Gasteiger partial charge in [0.2, 0.25) is 0 Å². The molecule has 0 aliphatic carbocycles. The Morgan fingerprint density at radius 1 is 0.972 bits per heavy atom. The monoisotopic (exact) mass is 509 g/mol. The van der Waals surface area contributed by atoms with Crippen LogP contribution in [0.1, 0.15) is 16.7 Å². The predicted molar refractivity (Wildman–Crippen MR) is 137 cm³/mol. The Morgan fingerprint density at radius 2 is 1.67 bits per heavy atom. The molecule has 0 fully saturated rings. The summed E-state index contributed by atoms with van der Waals surface area (Å²) in [5.74, 6) is -0.633. The van der Waals surface area contributed by atoms with Crippen LogP contribution in [0.2, 0.25) is 0 Å². The summed E-state index contributed by atoms with van der Waals surface area (Å²) in [4.78, 5) is 23.9. The van der Waals surface area contributed by atoms with Crippen molar-refractivity contribution in [3.63, 3.8) is 0 Å². The molecular weight excluding hydrogens is 482 g/mol. The van der Waals surface area contributed by atoms with Gasteiger partial charge in [0, 0.05) is 0 Å². The quantitative estimate of drug-likeness (QED) is 0.255. The summed E-state index contributed by atoms with van der Waals surface area (Å²) in [6.45, 7) is 3.14. The van der Waals surface area contributed by atoms with E-state index in [4.69, 9.17) is 4.74 Å². The van der Waals surface area contributed by atoms with Gasteiger partial charge in [0.15, 0.2) is 6.61 Å². The van der Waals surface area contributed by atoms with Gasteiger partial charge in [-0.05, 0) is 79.1 Å². The number of ether oxygens (including phenoxy) is 2. The molecule has 3 rings (SSSR count). The first-order chi connectivity index (χ1) is 17.2. The summed E-state index contributed by atoms with van der Waals surface area (Å²) in [6.07, 6.45) is 1.41. The van der Waals surface area contributed by atoms with Crippen molar-refractivity contribution in [2.45, 2.75) is 18.7 Å². The number of anilines is 1. The second-order valence-corrected chi connectivity index (χ2v) is 9.68. The van der Waals surface area contributed by atoms with Gasteiger partial charge >= 0.3 is 5.97 Å². The molecule has 3 aromatic rings. The van der Waals surface area contributed by atoms with E-state index in [1.807, 2.05) is 19.9 Å². The van der Waals surface area contributed by atoms with Gasteiger partial charge in [0.1, 0.15) is 12.3 Å². The fourth-order valence-electron chi connectivity index (χ4n) is 3.11. The van der Waals surface area contributed by atoms with Crippen LogP contribution in [0.25, 0.3) is 0 Å². The molecule has 0 bridgehead atoms. The second kappa shape index (κ2) is 12.0. The van der Waals surface area contributed by atoms with E-state index in [0.717, 1.165) is 15.4 Å². The van der Waals surface area contributed by atoms with Crippen molar-refractivity contribution < 1.29 is 27.5 Å². The molecule has 0 aromatic heterocycles. The molecule has 9 nitrogen and oxygen atoms in total. The summed E-state index contributed by atoms with van der Waals surface area (Å²) >= 11 is 0. The number of rotatable bonds is 10. The molecule has 188 valence electrons. The van der Waals surface area contributed by atoms with Gasteiger partial charge in [-0.1, -0.05) is 24.3 Å². The van der Waals surface area contributed by atoms with Crippen LogP contribution < -0.4 is 14.5 Å². The maximum absolute atomic E-state index is 13.4. The van der Waals surface area contributed by atoms with Crippen molar-refractivity contribution in [2.75, 3.05) is 24.6 Å². The molecular formula is C26H27N3O6S. The highest BCUT2D eigenvalue weighted by molar-refractivity contribution is 7.92. The maximum atomic E-state index is 13.4. The summed E-state index contributed by atoms with van der Waals surface area (Å²) < 4.78 is 37.6. The summed E-state index contributed by atoms with van der Waals surface area (Å²) in [5.41, 5.74) is 5.32. The number of esters is 1. The first-order valence-corrected chi connectivity index (χ1v) is 12.4. The molecule has 0 heterocycles. The van der Waals surface area contributed by atoms with Crippen LogP contribution >= 0.6 is 0 Å². The van der Waals surface area contributed by atoms with Crippen molar-refractivity contribution in [3.05, 3.63) is 89.5 Å². The Bertz CT molecular complexity index is 1340. The van der Waals surface area contributed by atoms with E-state index in [0.29, 0.717) is 17.0 Å². The zero-order valence-corrected chi connectivity index (χ0v) is 21.0. The second-order valence-electron chi connectivity index (χ2n) is 7.82. The SMILES string of the molecule is COC(=O)COc1ccc(/C=N\NC(=O)CN(c2ccc(C)c(C)c2)S(=O)(=O)c2ccccc2)cc1. The lowest BCUT2D eigenvalue weighted by Gasteiger charge is -2.24. The Labute approximate surface area is 210 Å². The van der Waals surface area contributed by atoms with E-state index in [1.165, 1.54) is 25.5 Å². The number of amides is 1. The normalized spacial score (nSPS) is 11.2. The molecule has 0 unspecified atom stereocenters. The number of methoxy groups -OCH3 is 1. The molecule has 0 spiro atoms. The highest BCUT2D eigenvalue weighted by atomic mass is 32.2. The first-order valence-electron chi connectivity index (χ1n) is 11.0. The van der Waals surface area contributed by atoms with Crippen LogP contribution in [0.5, 0.6) is 5.75 Å². The van der Waals surface area contributed by atoms with Crippen molar-refractivity contribution >= 4 is 33.8 Å². The third-order valence-electron chi connectivity index (χ3n) is 5.26. The Balaban J connectivity index is 1.72. The summed E-state index contributed by atoms with van der Waals surface area (Å²) in [5, 5.41) is 3.93. The van der Waals surface area contributed by atoms with Gasteiger partial charge in [-0.15, -0.1) is 0 Å². The predicted octanol–water partition coefficient (Wildman–Crippen LogP) is 3.20. The average Bonchev–Trinajstić information content (AvgIpc) is 2.88. The lowest BCUT2D eigenvalue weighted by atomic mass is 10.1. The van der Waals surface area contributed by atoms with E-state index >= 15 is 0 Å².